The Kier molecular flexibility index (Phi) is 4.60. The highest BCUT2D eigenvalue weighted by atomic mass is 32.2. The Balaban J connectivity index is 2.05. The predicted octanol–water partition coefficient (Wildman–Crippen LogP) is 2.77. The third-order valence-electron chi connectivity index (χ3n) is 2.85. The molecule has 0 aliphatic heterocycles. The van der Waals surface area contributed by atoms with Gasteiger partial charge in [0.15, 0.2) is 0 Å². The van der Waals surface area contributed by atoms with Crippen molar-refractivity contribution in [1.82, 2.24) is 5.32 Å². The van der Waals surface area contributed by atoms with Gasteiger partial charge in [-0.05, 0) is 49.1 Å². The van der Waals surface area contributed by atoms with E-state index in [1.54, 1.807) is 0 Å². The van der Waals surface area contributed by atoms with Crippen LogP contribution in [0.1, 0.15) is 33.1 Å². The molecule has 2 heteroatoms. The molecule has 1 rings (SSSR count). The molecule has 0 spiro atoms. The number of thioether (sulfide) groups is 1. The van der Waals surface area contributed by atoms with Crippen LogP contribution < -0.4 is 5.32 Å². The highest BCUT2D eigenvalue weighted by Gasteiger charge is 2.41. The molecule has 0 aromatic heterocycles. The first-order valence-corrected chi connectivity index (χ1v) is 6.78. The van der Waals surface area contributed by atoms with Gasteiger partial charge >= 0.3 is 0 Å². The molecule has 1 N–H and O–H groups in total. The first kappa shape index (κ1) is 11.4. The van der Waals surface area contributed by atoms with Gasteiger partial charge in [-0.15, -0.1) is 0 Å². The lowest BCUT2D eigenvalue weighted by molar-refractivity contribution is 0.426. The first-order valence-electron chi connectivity index (χ1n) is 5.38. The molecule has 0 saturated heterocycles. The Morgan fingerprint density at radius 1 is 1.38 bits per heavy atom. The van der Waals surface area contributed by atoms with Gasteiger partial charge < -0.3 is 5.32 Å². The Morgan fingerprint density at radius 2 is 2.08 bits per heavy atom. The molecule has 0 aromatic rings. The van der Waals surface area contributed by atoms with E-state index in [9.17, 15) is 0 Å². The monoisotopic (exact) mass is 201 g/mol. The maximum Gasteiger partial charge on any atom is 0.000822 e. The fraction of sp³-hybridized carbons (Fsp3) is 1.00. The van der Waals surface area contributed by atoms with E-state index < -0.39 is 0 Å². The van der Waals surface area contributed by atoms with Crippen molar-refractivity contribution >= 4 is 11.8 Å². The lowest BCUT2D eigenvalue weighted by atomic mass is 10.0. The summed E-state index contributed by atoms with van der Waals surface area (Å²) in [6, 6.07) is 0. The molecule has 0 unspecified atom stereocenters. The van der Waals surface area contributed by atoms with Gasteiger partial charge in [0, 0.05) is 6.54 Å². The van der Waals surface area contributed by atoms with E-state index in [4.69, 9.17) is 0 Å². The summed E-state index contributed by atoms with van der Waals surface area (Å²) in [5, 5.41) is 3.59. The zero-order chi connectivity index (χ0) is 9.73. The summed E-state index contributed by atoms with van der Waals surface area (Å²) >= 11 is 1.98. The molecular weight excluding hydrogens is 178 g/mol. The van der Waals surface area contributed by atoms with Gasteiger partial charge in [0.1, 0.15) is 0 Å². The molecule has 0 aromatic carbocycles. The molecular formula is C11H23NS. The molecule has 1 aliphatic rings. The Labute approximate surface area is 87.1 Å². The number of hydrogen-bond acceptors (Lipinski definition) is 2. The number of rotatable bonds is 7. The second-order valence-corrected chi connectivity index (χ2v) is 5.75. The van der Waals surface area contributed by atoms with Crippen LogP contribution in [0, 0.1) is 11.3 Å². The summed E-state index contributed by atoms with van der Waals surface area (Å²) in [6.45, 7) is 6.98. The second-order valence-electron chi connectivity index (χ2n) is 4.77. The first-order chi connectivity index (χ1) is 6.18. The number of hydrogen-bond donors (Lipinski definition) is 1. The van der Waals surface area contributed by atoms with Crippen LogP contribution >= 0.6 is 11.8 Å². The topological polar surface area (TPSA) is 12.0 Å². The van der Waals surface area contributed by atoms with Crippen LogP contribution in [0.4, 0.5) is 0 Å². The molecule has 1 aliphatic carbocycles. The summed E-state index contributed by atoms with van der Waals surface area (Å²) < 4.78 is 0. The van der Waals surface area contributed by atoms with Crippen molar-refractivity contribution in [1.29, 1.82) is 0 Å². The fourth-order valence-corrected chi connectivity index (χ4v) is 2.27. The van der Waals surface area contributed by atoms with Crippen LogP contribution in [-0.2, 0) is 0 Å². The van der Waals surface area contributed by atoms with Gasteiger partial charge in [-0.1, -0.05) is 13.8 Å². The van der Waals surface area contributed by atoms with Crippen LogP contribution in [0.3, 0.4) is 0 Å². The zero-order valence-electron chi connectivity index (χ0n) is 9.23. The van der Waals surface area contributed by atoms with E-state index in [1.807, 2.05) is 11.8 Å². The average molecular weight is 201 g/mol. The highest BCUT2D eigenvalue weighted by Crippen LogP contribution is 2.48. The van der Waals surface area contributed by atoms with Gasteiger partial charge in [0.2, 0.25) is 0 Å². The maximum absolute atomic E-state index is 3.59. The SMILES string of the molecule is CSCCC1(CNCC(C)C)CC1. The summed E-state index contributed by atoms with van der Waals surface area (Å²) in [4.78, 5) is 0. The zero-order valence-corrected chi connectivity index (χ0v) is 10.0. The molecule has 78 valence electrons. The van der Waals surface area contributed by atoms with E-state index in [0.29, 0.717) is 5.41 Å². The third-order valence-corrected chi connectivity index (χ3v) is 3.46. The van der Waals surface area contributed by atoms with Crippen molar-refractivity contribution in [3.63, 3.8) is 0 Å². The second kappa shape index (κ2) is 5.26. The van der Waals surface area contributed by atoms with E-state index in [-0.39, 0.29) is 0 Å². The van der Waals surface area contributed by atoms with E-state index in [0.717, 1.165) is 5.92 Å². The van der Waals surface area contributed by atoms with Gasteiger partial charge in [-0.2, -0.15) is 11.8 Å². The van der Waals surface area contributed by atoms with Crippen LogP contribution in [0.25, 0.3) is 0 Å². The van der Waals surface area contributed by atoms with Gasteiger partial charge in [0.05, 0.1) is 0 Å². The van der Waals surface area contributed by atoms with Crippen LogP contribution in [-0.4, -0.2) is 25.1 Å². The van der Waals surface area contributed by atoms with Gasteiger partial charge in [-0.25, -0.2) is 0 Å². The molecule has 1 fully saturated rings. The van der Waals surface area contributed by atoms with Crippen molar-refractivity contribution in [3.8, 4) is 0 Å². The fourth-order valence-electron chi connectivity index (χ4n) is 1.64. The Hall–Kier alpha value is 0.310. The minimum Gasteiger partial charge on any atom is -0.316 e. The Bertz CT molecular complexity index is 141. The van der Waals surface area contributed by atoms with Gasteiger partial charge in [-0.3, -0.25) is 0 Å². The van der Waals surface area contributed by atoms with Crippen molar-refractivity contribution in [2.24, 2.45) is 11.3 Å². The number of nitrogens with one attached hydrogen (secondary N) is 1. The molecule has 0 heterocycles. The van der Waals surface area contributed by atoms with Crippen molar-refractivity contribution in [3.05, 3.63) is 0 Å². The average Bonchev–Trinajstić information content (AvgIpc) is 2.82. The standard InChI is InChI=1S/C11H23NS/c1-10(2)8-12-9-11(4-5-11)6-7-13-3/h10,12H,4-9H2,1-3H3. The van der Waals surface area contributed by atoms with Crippen molar-refractivity contribution < 1.29 is 0 Å². The molecule has 0 atom stereocenters. The van der Waals surface area contributed by atoms with Crippen LogP contribution in [0.2, 0.25) is 0 Å². The summed E-state index contributed by atoms with van der Waals surface area (Å²) in [5.41, 5.74) is 0.706. The van der Waals surface area contributed by atoms with Crippen LogP contribution in [0.5, 0.6) is 0 Å². The molecule has 1 nitrogen and oxygen atoms in total. The predicted molar refractivity (Wildman–Crippen MR) is 62.4 cm³/mol. The normalized spacial score (nSPS) is 19.4. The molecule has 0 bridgehead atoms. The minimum atomic E-state index is 0.706. The lowest BCUT2D eigenvalue weighted by Gasteiger charge is -2.16. The Morgan fingerprint density at radius 3 is 2.54 bits per heavy atom. The quantitative estimate of drug-likeness (QED) is 0.680. The van der Waals surface area contributed by atoms with E-state index in [2.05, 4.69) is 25.4 Å². The van der Waals surface area contributed by atoms with Crippen molar-refractivity contribution in [2.75, 3.05) is 25.1 Å². The minimum absolute atomic E-state index is 0.706. The molecule has 0 radical (unpaired) electrons. The summed E-state index contributed by atoms with van der Waals surface area (Å²) in [7, 11) is 0. The summed E-state index contributed by atoms with van der Waals surface area (Å²) in [5.74, 6) is 2.12. The van der Waals surface area contributed by atoms with Gasteiger partial charge in [0.25, 0.3) is 0 Å². The smallest absolute Gasteiger partial charge is 0.000822 e. The van der Waals surface area contributed by atoms with E-state index >= 15 is 0 Å². The molecule has 0 amide bonds. The molecule has 1 saturated carbocycles. The third kappa shape index (κ3) is 4.37. The molecule has 13 heavy (non-hydrogen) atoms. The highest BCUT2D eigenvalue weighted by molar-refractivity contribution is 7.98. The largest absolute Gasteiger partial charge is 0.316 e. The van der Waals surface area contributed by atoms with Crippen molar-refractivity contribution in [2.45, 2.75) is 33.1 Å². The maximum atomic E-state index is 3.59. The van der Waals surface area contributed by atoms with Crippen LogP contribution in [0.15, 0.2) is 0 Å². The summed E-state index contributed by atoms with van der Waals surface area (Å²) in [6.07, 6.45) is 6.54. The van der Waals surface area contributed by atoms with E-state index in [1.165, 1.54) is 38.1 Å². The lowest BCUT2D eigenvalue weighted by Crippen LogP contribution is -2.27.